The summed E-state index contributed by atoms with van der Waals surface area (Å²) in [5.74, 6) is -4.51. The van der Waals surface area contributed by atoms with Crippen molar-refractivity contribution in [3.8, 4) is 11.5 Å². The number of fused-ring (bicyclic) bond motifs is 1. The average molecular weight is 290 g/mol. The Kier molecular flexibility index (Phi) is 2.28. The molecule has 21 heavy (non-hydrogen) atoms. The standard InChI is InChI=1S/C15H14O6/c16-8-2-1-6(3-10(8)18)13-12-4-7-9(17)5-11(19)14(13)15(7,20)21-12/h1-3,5,7,12-14,16-18,20H,4H2/t7-,12-,13-,14+,15?/m1/s1. The molecule has 5 atom stereocenters. The van der Waals surface area contributed by atoms with E-state index in [4.69, 9.17) is 4.74 Å². The lowest BCUT2D eigenvalue weighted by Crippen LogP contribution is -2.50. The maximum Gasteiger partial charge on any atom is 0.186 e. The molecule has 2 heterocycles. The molecule has 0 radical (unpaired) electrons. The van der Waals surface area contributed by atoms with Gasteiger partial charge in [0, 0.05) is 12.0 Å². The molecular weight excluding hydrogens is 276 g/mol. The van der Waals surface area contributed by atoms with Gasteiger partial charge in [0.15, 0.2) is 23.1 Å². The topological polar surface area (TPSA) is 107 Å². The zero-order valence-electron chi connectivity index (χ0n) is 10.9. The number of rotatable bonds is 1. The largest absolute Gasteiger partial charge is 0.512 e. The molecule has 1 aromatic carbocycles. The van der Waals surface area contributed by atoms with E-state index in [9.17, 15) is 25.2 Å². The summed E-state index contributed by atoms with van der Waals surface area (Å²) in [6.07, 6.45) is 1.16. The zero-order valence-corrected chi connectivity index (χ0v) is 10.9. The molecule has 0 aromatic heterocycles. The Morgan fingerprint density at radius 2 is 1.95 bits per heavy atom. The maximum absolute atomic E-state index is 12.2. The number of ketones is 1. The Labute approximate surface area is 119 Å². The lowest BCUT2D eigenvalue weighted by Gasteiger charge is -2.39. The van der Waals surface area contributed by atoms with E-state index in [0.29, 0.717) is 12.0 Å². The number of carbonyl (C=O) groups is 1. The van der Waals surface area contributed by atoms with Crippen LogP contribution in [0, 0.1) is 11.8 Å². The van der Waals surface area contributed by atoms with Crippen LogP contribution in [0.5, 0.6) is 11.5 Å². The van der Waals surface area contributed by atoms with Gasteiger partial charge in [0.05, 0.1) is 17.9 Å². The smallest absolute Gasteiger partial charge is 0.186 e. The van der Waals surface area contributed by atoms with Crippen molar-refractivity contribution in [1.29, 1.82) is 0 Å². The third-order valence-electron chi connectivity index (χ3n) is 4.85. The lowest BCUT2D eigenvalue weighted by atomic mass is 9.64. The average Bonchev–Trinajstić information content (AvgIpc) is 2.91. The number of phenolic OH excluding ortho intramolecular Hbond substituents is 2. The third kappa shape index (κ3) is 1.46. The molecule has 4 N–H and O–H groups in total. The molecule has 1 aliphatic carbocycles. The van der Waals surface area contributed by atoms with E-state index in [0.717, 1.165) is 6.08 Å². The van der Waals surface area contributed by atoms with Crippen molar-refractivity contribution in [2.45, 2.75) is 24.2 Å². The van der Waals surface area contributed by atoms with E-state index in [1.807, 2.05) is 0 Å². The molecule has 0 saturated carbocycles. The number of aliphatic hydroxyl groups is 2. The SMILES string of the molecule is O=C1C=C(O)[C@H]2C[C@H]3OC2(O)[C@@H]1[C@@H]3c1ccc(O)c(O)c1. The van der Waals surface area contributed by atoms with Crippen molar-refractivity contribution in [2.24, 2.45) is 11.8 Å². The number of carbonyl (C=O) groups excluding carboxylic acids is 1. The van der Waals surface area contributed by atoms with Crippen molar-refractivity contribution in [1.82, 2.24) is 0 Å². The third-order valence-corrected chi connectivity index (χ3v) is 4.85. The Morgan fingerprint density at radius 1 is 1.19 bits per heavy atom. The van der Waals surface area contributed by atoms with Crippen LogP contribution in [0.1, 0.15) is 17.9 Å². The van der Waals surface area contributed by atoms with Crippen LogP contribution in [0.25, 0.3) is 0 Å². The second-order valence-electron chi connectivity index (χ2n) is 5.92. The summed E-state index contributed by atoms with van der Waals surface area (Å²) in [6, 6.07) is 4.33. The Morgan fingerprint density at radius 3 is 2.67 bits per heavy atom. The molecule has 6 nitrogen and oxygen atoms in total. The first-order chi connectivity index (χ1) is 9.91. The van der Waals surface area contributed by atoms with Gasteiger partial charge in [-0.1, -0.05) is 6.07 Å². The van der Waals surface area contributed by atoms with Gasteiger partial charge < -0.3 is 25.2 Å². The molecule has 1 unspecified atom stereocenters. The van der Waals surface area contributed by atoms with E-state index < -0.39 is 29.6 Å². The monoisotopic (exact) mass is 290 g/mol. The molecule has 2 saturated heterocycles. The van der Waals surface area contributed by atoms with E-state index in [2.05, 4.69) is 0 Å². The van der Waals surface area contributed by atoms with Crippen molar-refractivity contribution in [3.63, 3.8) is 0 Å². The molecule has 2 bridgehead atoms. The normalized spacial score (nSPS) is 40.4. The van der Waals surface area contributed by atoms with E-state index >= 15 is 0 Å². The number of ether oxygens (including phenoxy) is 1. The van der Waals surface area contributed by atoms with Crippen molar-refractivity contribution < 1.29 is 30.0 Å². The van der Waals surface area contributed by atoms with Crippen LogP contribution in [-0.2, 0) is 9.53 Å². The quantitative estimate of drug-likeness (QED) is 0.573. The maximum atomic E-state index is 12.2. The van der Waals surface area contributed by atoms with Crippen molar-refractivity contribution >= 4 is 5.78 Å². The summed E-state index contributed by atoms with van der Waals surface area (Å²) in [7, 11) is 0. The lowest BCUT2D eigenvalue weighted by molar-refractivity contribution is -0.205. The second kappa shape index (κ2) is 3.78. The van der Waals surface area contributed by atoms with Crippen molar-refractivity contribution in [3.05, 3.63) is 35.6 Å². The molecule has 6 heteroatoms. The number of phenols is 2. The van der Waals surface area contributed by atoms with E-state index in [1.54, 1.807) is 6.07 Å². The first-order valence-corrected chi connectivity index (χ1v) is 6.78. The molecule has 2 fully saturated rings. The van der Waals surface area contributed by atoms with Gasteiger partial charge in [-0.2, -0.15) is 0 Å². The first kappa shape index (κ1) is 12.7. The molecule has 0 amide bonds. The van der Waals surface area contributed by atoms with Gasteiger partial charge in [0.1, 0.15) is 5.76 Å². The molecule has 3 aliphatic rings. The molecule has 0 spiro atoms. The van der Waals surface area contributed by atoms with Crippen LogP contribution >= 0.6 is 0 Å². The highest BCUT2D eigenvalue weighted by molar-refractivity contribution is 5.95. The summed E-state index contributed by atoms with van der Waals surface area (Å²) in [6.45, 7) is 0. The van der Waals surface area contributed by atoms with Gasteiger partial charge in [0.25, 0.3) is 0 Å². The Hall–Kier alpha value is -2.05. The van der Waals surface area contributed by atoms with Gasteiger partial charge in [-0.05, 0) is 24.1 Å². The minimum absolute atomic E-state index is 0.131. The van der Waals surface area contributed by atoms with Crippen LogP contribution in [-0.4, -0.2) is 38.1 Å². The minimum Gasteiger partial charge on any atom is -0.512 e. The van der Waals surface area contributed by atoms with Gasteiger partial charge >= 0.3 is 0 Å². The van der Waals surface area contributed by atoms with E-state index in [1.165, 1.54) is 12.1 Å². The Balaban J connectivity index is 1.82. The fourth-order valence-electron chi connectivity index (χ4n) is 3.96. The highest BCUT2D eigenvalue weighted by Crippen LogP contribution is 2.60. The Bertz CT molecular complexity index is 681. The molecule has 2 aliphatic heterocycles. The minimum atomic E-state index is -1.68. The van der Waals surface area contributed by atoms with Crippen molar-refractivity contribution in [2.75, 3.05) is 0 Å². The number of hydrogen-bond donors (Lipinski definition) is 4. The number of allylic oxidation sites excluding steroid dienone is 1. The number of aliphatic hydroxyl groups excluding tert-OH is 1. The van der Waals surface area contributed by atoms with E-state index in [-0.39, 0.29) is 23.0 Å². The highest BCUT2D eigenvalue weighted by atomic mass is 16.6. The summed E-state index contributed by atoms with van der Waals surface area (Å²) in [5.41, 5.74) is 0.623. The summed E-state index contributed by atoms with van der Waals surface area (Å²) in [5, 5.41) is 39.5. The van der Waals surface area contributed by atoms with Gasteiger partial charge in [-0.3, -0.25) is 4.79 Å². The molecular formula is C15H14O6. The predicted molar refractivity (Wildman–Crippen MR) is 69.7 cm³/mol. The number of benzene rings is 1. The number of hydrogen-bond acceptors (Lipinski definition) is 6. The summed E-state index contributed by atoms with van der Waals surface area (Å²) >= 11 is 0. The zero-order chi connectivity index (χ0) is 14.9. The number of aromatic hydroxyl groups is 2. The van der Waals surface area contributed by atoms with Crippen LogP contribution in [0.2, 0.25) is 0 Å². The summed E-state index contributed by atoms with van der Waals surface area (Å²) < 4.78 is 5.59. The molecule has 4 rings (SSSR count). The van der Waals surface area contributed by atoms with Gasteiger partial charge in [-0.15, -0.1) is 0 Å². The van der Waals surface area contributed by atoms with Crippen LogP contribution in [0.3, 0.4) is 0 Å². The second-order valence-corrected chi connectivity index (χ2v) is 5.92. The van der Waals surface area contributed by atoms with Crippen LogP contribution in [0.15, 0.2) is 30.0 Å². The fraction of sp³-hybridized carbons (Fsp3) is 0.400. The van der Waals surface area contributed by atoms with Crippen LogP contribution < -0.4 is 0 Å². The predicted octanol–water partition coefficient (Wildman–Crippen LogP) is 0.929. The van der Waals surface area contributed by atoms with Gasteiger partial charge in [-0.25, -0.2) is 0 Å². The first-order valence-electron chi connectivity index (χ1n) is 6.78. The molecule has 1 aromatic rings. The summed E-state index contributed by atoms with van der Waals surface area (Å²) in [4.78, 5) is 12.2. The van der Waals surface area contributed by atoms with Crippen LogP contribution in [0.4, 0.5) is 0 Å². The fourth-order valence-corrected chi connectivity index (χ4v) is 3.96. The molecule has 110 valence electrons. The van der Waals surface area contributed by atoms with Gasteiger partial charge in [0.2, 0.25) is 0 Å². The highest BCUT2D eigenvalue weighted by Gasteiger charge is 2.69.